The number of aryl methyl sites for hydroxylation is 2. The lowest BCUT2D eigenvalue weighted by atomic mass is 9.64. The highest BCUT2D eigenvalue weighted by atomic mass is 16.5. The molecular formula is C32H36O4. The summed E-state index contributed by atoms with van der Waals surface area (Å²) in [5, 5.41) is 0. The molecule has 0 N–H and O–H groups in total. The van der Waals surface area contributed by atoms with Gasteiger partial charge in [0.25, 0.3) is 0 Å². The smallest absolute Gasteiger partial charge is 0.328 e. The van der Waals surface area contributed by atoms with Crippen molar-refractivity contribution in [3.8, 4) is 0 Å². The lowest BCUT2D eigenvalue weighted by Gasteiger charge is -2.44. The van der Waals surface area contributed by atoms with Gasteiger partial charge in [-0.25, -0.2) is 0 Å². The highest BCUT2D eigenvalue weighted by Gasteiger charge is 2.57. The second kappa shape index (κ2) is 9.06. The van der Waals surface area contributed by atoms with E-state index < -0.39 is 11.4 Å². The third kappa shape index (κ3) is 3.91. The number of rotatable bonds is 5. The summed E-state index contributed by atoms with van der Waals surface area (Å²) in [7, 11) is 0. The third-order valence-electron chi connectivity index (χ3n) is 8.80. The van der Waals surface area contributed by atoms with Gasteiger partial charge in [-0.2, -0.15) is 0 Å². The maximum absolute atomic E-state index is 14.2. The summed E-state index contributed by atoms with van der Waals surface area (Å²) in [6, 6.07) is 19.8. The average molecular weight is 485 g/mol. The van der Waals surface area contributed by atoms with Crippen LogP contribution in [0, 0.1) is 25.7 Å². The highest BCUT2D eigenvalue weighted by Crippen LogP contribution is 2.47. The van der Waals surface area contributed by atoms with Crippen molar-refractivity contribution in [2.24, 2.45) is 11.8 Å². The number of hydrogen-bond donors (Lipinski definition) is 0. The summed E-state index contributed by atoms with van der Waals surface area (Å²) in [5.41, 5.74) is 1.95. The number of ketones is 1. The SMILES string of the molecule is Cc1cc(C2(C(=O)O[C@@H]3C[C@H](C)CC[C@H]3C(C)(C)c3ccccc3)Cc3ccccc3C2=O)oc1C. The zero-order valence-corrected chi connectivity index (χ0v) is 22.0. The Balaban J connectivity index is 1.53. The Morgan fingerprint density at radius 1 is 1.03 bits per heavy atom. The number of hydrogen-bond acceptors (Lipinski definition) is 4. The van der Waals surface area contributed by atoms with E-state index >= 15 is 0 Å². The van der Waals surface area contributed by atoms with Crippen LogP contribution >= 0.6 is 0 Å². The third-order valence-corrected chi connectivity index (χ3v) is 8.80. The molecule has 36 heavy (non-hydrogen) atoms. The summed E-state index contributed by atoms with van der Waals surface area (Å²) < 4.78 is 12.5. The summed E-state index contributed by atoms with van der Waals surface area (Å²) in [4.78, 5) is 28.2. The minimum atomic E-state index is -1.48. The second-order valence-corrected chi connectivity index (χ2v) is 11.5. The molecule has 4 atom stereocenters. The van der Waals surface area contributed by atoms with Crippen LogP contribution in [-0.2, 0) is 26.8 Å². The van der Waals surface area contributed by atoms with Crippen LogP contribution in [0.2, 0.25) is 0 Å². The van der Waals surface area contributed by atoms with E-state index in [4.69, 9.17) is 9.15 Å². The van der Waals surface area contributed by atoms with E-state index in [1.165, 1.54) is 5.56 Å². The van der Waals surface area contributed by atoms with Gasteiger partial charge in [0, 0.05) is 17.9 Å². The van der Waals surface area contributed by atoms with Crippen LogP contribution in [0.4, 0.5) is 0 Å². The van der Waals surface area contributed by atoms with Gasteiger partial charge in [-0.05, 0) is 60.8 Å². The van der Waals surface area contributed by atoms with Crippen molar-refractivity contribution in [1.29, 1.82) is 0 Å². The Morgan fingerprint density at radius 2 is 1.72 bits per heavy atom. The van der Waals surface area contributed by atoms with Gasteiger partial charge in [0.05, 0.1) is 0 Å². The van der Waals surface area contributed by atoms with Crippen molar-refractivity contribution in [3.05, 3.63) is 94.4 Å². The monoisotopic (exact) mass is 484 g/mol. The largest absolute Gasteiger partial charge is 0.464 e. The zero-order chi connectivity index (χ0) is 25.7. The minimum Gasteiger partial charge on any atom is -0.464 e. The van der Waals surface area contributed by atoms with E-state index in [2.05, 4.69) is 45.0 Å². The molecule has 1 saturated carbocycles. The number of fused-ring (bicyclic) bond motifs is 1. The Morgan fingerprint density at radius 3 is 2.39 bits per heavy atom. The number of ether oxygens (including phenoxy) is 1. The first-order valence-corrected chi connectivity index (χ1v) is 13.1. The van der Waals surface area contributed by atoms with E-state index in [1.807, 2.05) is 44.2 Å². The van der Waals surface area contributed by atoms with Gasteiger partial charge in [0.15, 0.2) is 11.2 Å². The fourth-order valence-corrected chi connectivity index (χ4v) is 6.34. The molecule has 0 amide bonds. The Labute approximate surface area is 214 Å². The number of carbonyl (C=O) groups excluding carboxylic acids is 2. The van der Waals surface area contributed by atoms with Crippen LogP contribution in [0.1, 0.15) is 78.6 Å². The van der Waals surface area contributed by atoms with Crippen LogP contribution in [0.5, 0.6) is 0 Å². The molecule has 2 aliphatic rings. The van der Waals surface area contributed by atoms with Crippen molar-refractivity contribution < 1.29 is 18.7 Å². The highest BCUT2D eigenvalue weighted by molar-refractivity contribution is 6.20. The maximum Gasteiger partial charge on any atom is 0.328 e. The Hall–Kier alpha value is -3.14. The Bertz CT molecular complexity index is 1260. The van der Waals surface area contributed by atoms with E-state index in [0.717, 1.165) is 36.1 Å². The van der Waals surface area contributed by atoms with Crippen molar-refractivity contribution in [3.63, 3.8) is 0 Å². The summed E-state index contributed by atoms with van der Waals surface area (Å²) >= 11 is 0. The molecule has 0 radical (unpaired) electrons. The fraction of sp³-hybridized carbons (Fsp3) is 0.438. The zero-order valence-electron chi connectivity index (χ0n) is 22.0. The van der Waals surface area contributed by atoms with Crippen LogP contribution in [0.25, 0.3) is 0 Å². The maximum atomic E-state index is 14.2. The molecule has 1 unspecified atom stereocenters. The van der Waals surface area contributed by atoms with Crippen molar-refractivity contribution >= 4 is 11.8 Å². The lowest BCUT2D eigenvalue weighted by Crippen LogP contribution is -2.49. The Kier molecular flexibility index (Phi) is 6.18. The molecule has 2 aromatic carbocycles. The molecule has 0 aliphatic heterocycles. The van der Waals surface area contributed by atoms with Gasteiger partial charge in [0.1, 0.15) is 17.6 Å². The molecular weight excluding hydrogens is 448 g/mol. The predicted molar refractivity (Wildman–Crippen MR) is 140 cm³/mol. The normalized spacial score (nSPS) is 26.0. The molecule has 0 bridgehead atoms. The van der Waals surface area contributed by atoms with Crippen molar-refractivity contribution in [2.45, 2.75) is 77.2 Å². The molecule has 1 heterocycles. The lowest BCUT2D eigenvalue weighted by molar-refractivity contribution is -0.162. The van der Waals surface area contributed by atoms with Crippen LogP contribution in [0.3, 0.4) is 0 Å². The number of furan rings is 1. The first-order valence-electron chi connectivity index (χ1n) is 13.1. The van der Waals surface area contributed by atoms with Gasteiger partial charge in [-0.15, -0.1) is 0 Å². The average Bonchev–Trinajstić information content (AvgIpc) is 3.36. The minimum absolute atomic E-state index is 0.149. The number of benzene rings is 2. The molecule has 188 valence electrons. The number of Topliss-reactive ketones (excluding diaryl/α,β-unsaturated/α-hetero) is 1. The quantitative estimate of drug-likeness (QED) is 0.292. The fourth-order valence-electron chi connectivity index (χ4n) is 6.34. The van der Waals surface area contributed by atoms with E-state index in [9.17, 15) is 9.59 Å². The number of carbonyl (C=O) groups is 2. The number of esters is 1. The predicted octanol–water partition coefficient (Wildman–Crippen LogP) is 6.90. The van der Waals surface area contributed by atoms with E-state index in [-0.39, 0.29) is 29.6 Å². The molecule has 1 aromatic heterocycles. The van der Waals surface area contributed by atoms with Crippen LogP contribution in [-0.4, -0.2) is 17.9 Å². The van der Waals surface area contributed by atoms with E-state index in [1.54, 1.807) is 6.07 Å². The summed E-state index contributed by atoms with van der Waals surface area (Å²) in [6.07, 6.45) is 2.85. The van der Waals surface area contributed by atoms with Crippen molar-refractivity contribution in [2.75, 3.05) is 0 Å². The molecule has 0 saturated heterocycles. The van der Waals surface area contributed by atoms with Crippen LogP contribution in [0.15, 0.2) is 65.1 Å². The molecule has 1 fully saturated rings. The van der Waals surface area contributed by atoms with Gasteiger partial charge in [-0.3, -0.25) is 9.59 Å². The first-order chi connectivity index (χ1) is 17.1. The molecule has 2 aliphatic carbocycles. The molecule has 4 nitrogen and oxygen atoms in total. The standard InChI is InChI=1S/C32H36O4/c1-20-15-16-26(31(4,5)24-12-7-6-8-13-24)27(17-20)36-30(34)32(28-18-21(2)22(3)35-28)19-23-11-9-10-14-25(23)29(32)33/h6-14,18,20,26-27H,15-17,19H2,1-5H3/t20-,26-,27-,32?/m1/s1. The summed E-state index contributed by atoms with van der Waals surface area (Å²) in [5.74, 6) is 1.01. The van der Waals surface area contributed by atoms with Crippen LogP contribution < -0.4 is 0 Å². The molecule has 3 aromatic rings. The van der Waals surface area contributed by atoms with Gasteiger partial charge in [-0.1, -0.05) is 81.8 Å². The van der Waals surface area contributed by atoms with Crippen molar-refractivity contribution in [1.82, 2.24) is 0 Å². The molecule has 0 spiro atoms. The summed E-state index contributed by atoms with van der Waals surface area (Å²) in [6.45, 7) is 10.5. The molecule has 5 rings (SSSR count). The molecule has 4 heteroatoms. The second-order valence-electron chi connectivity index (χ2n) is 11.5. The van der Waals surface area contributed by atoms with Gasteiger partial charge in [0.2, 0.25) is 0 Å². The first kappa shape index (κ1) is 24.5. The topological polar surface area (TPSA) is 56.5 Å². The van der Waals surface area contributed by atoms with Gasteiger partial charge < -0.3 is 9.15 Å². The van der Waals surface area contributed by atoms with Gasteiger partial charge >= 0.3 is 5.97 Å². The van der Waals surface area contributed by atoms with E-state index in [0.29, 0.717) is 17.2 Å².